The number of aromatic nitrogens is 2. The minimum absolute atomic E-state index is 0.0288. The molecule has 1 aliphatic heterocycles. The normalized spacial score (nSPS) is 16.5. The SMILES string of the molecule is CN1CCC(n2c(=O)n(-c3ccc(Oc4ccccc4)cc3)c3c([N+](=O)[O-])cccc32)C1. The molecule has 5 rings (SSSR count). The van der Waals surface area contributed by atoms with Crippen LogP contribution in [-0.4, -0.2) is 39.1 Å². The van der Waals surface area contributed by atoms with Crippen LogP contribution in [0.3, 0.4) is 0 Å². The van der Waals surface area contributed by atoms with Crippen LogP contribution in [0.5, 0.6) is 11.5 Å². The van der Waals surface area contributed by atoms with E-state index >= 15 is 0 Å². The first-order valence-corrected chi connectivity index (χ1v) is 10.4. The number of hydrogen-bond acceptors (Lipinski definition) is 5. The van der Waals surface area contributed by atoms with Crippen LogP contribution >= 0.6 is 0 Å². The van der Waals surface area contributed by atoms with Crippen molar-refractivity contribution in [2.45, 2.75) is 12.5 Å². The molecule has 8 heteroatoms. The molecule has 0 amide bonds. The topological polar surface area (TPSA) is 82.5 Å². The van der Waals surface area contributed by atoms with Crippen LogP contribution in [0.2, 0.25) is 0 Å². The zero-order chi connectivity index (χ0) is 22.2. The number of rotatable bonds is 5. The van der Waals surface area contributed by atoms with Gasteiger partial charge in [-0.3, -0.25) is 19.2 Å². The summed E-state index contributed by atoms with van der Waals surface area (Å²) >= 11 is 0. The highest BCUT2D eigenvalue weighted by Gasteiger charge is 2.29. The lowest BCUT2D eigenvalue weighted by Gasteiger charge is -2.12. The minimum Gasteiger partial charge on any atom is -0.457 e. The molecule has 4 aromatic rings. The number of likely N-dealkylation sites (tertiary alicyclic amines) is 1. The summed E-state index contributed by atoms with van der Waals surface area (Å²) in [6.45, 7) is 1.61. The smallest absolute Gasteiger partial charge is 0.334 e. The molecule has 1 aliphatic rings. The Kier molecular flexibility index (Phi) is 4.99. The van der Waals surface area contributed by atoms with Gasteiger partial charge in [-0.05, 0) is 62.5 Å². The molecule has 0 spiro atoms. The molecule has 32 heavy (non-hydrogen) atoms. The molecule has 8 nitrogen and oxygen atoms in total. The van der Waals surface area contributed by atoms with E-state index in [0.717, 1.165) is 19.5 Å². The number of nitro groups is 1. The van der Waals surface area contributed by atoms with Crippen molar-refractivity contribution < 1.29 is 9.66 Å². The number of ether oxygens (including phenoxy) is 1. The fraction of sp³-hybridized carbons (Fsp3) is 0.208. The number of para-hydroxylation sites is 2. The Hall–Kier alpha value is -3.91. The summed E-state index contributed by atoms with van der Waals surface area (Å²) in [7, 11) is 2.01. The van der Waals surface area contributed by atoms with Gasteiger partial charge in [-0.2, -0.15) is 0 Å². The third kappa shape index (κ3) is 3.44. The molecule has 0 aliphatic carbocycles. The third-order valence-corrected chi connectivity index (χ3v) is 5.88. The Labute approximate surface area is 184 Å². The monoisotopic (exact) mass is 430 g/mol. The average molecular weight is 430 g/mol. The summed E-state index contributed by atoms with van der Waals surface area (Å²) in [5.41, 5.74) is 1.09. The van der Waals surface area contributed by atoms with Crippen molar-refractivity contribution in [3.8, 4) is 17.2 Å². The van der Waals surface area contributed by atoms with Crippen molar-refractivity contribution in [2.24, 2.45) is 0 Å². The molecule has 1 atom stereocenters. The summed E-state index contributed by atoms with van der Waals surface area (Å²) in [6, 6.07) is 21.2. The molecule has 2 heterocycles. The third-order valence-electron chi connectivity index (χ3n) is 5.88. The standard InChI is InChI=1S/C24H22N4O4/c1-25-15-14-18(16-25)26-21-8-5-9-22(28(30)31)23(21)27(24(26)29)17-10-12-20(13-11-17)32-19-6-3-2-4-7-19/h2-13,18H,14-16H2,1H3. The lowest BCUT2D eigenvalue weighted by molar-refractivity contribution is -0.383. The van der Waals surface area contributed by atoms with Gasteiger partial charge in [0.1, 0.15) is 11.5 Å². The van der Waals surface area contributed by atoms with Crippen LogP contribution < -0.4 is 10.4 Å². The lowest BCUT2D eigenvalue weighted by atomic mass is 10.2. The Bertz CT molecular complexity index is 1340. The molecular formula is C24H22N4O4. The predicted octanol–water partition coefficient (Wildman–Crippen LogP) is 4.37. The predicted molar refractivity (Wildman–Crippen MR) is 122 cm³/mol. The van der Waals surface area contributed by atoms with E-state index < -0.39 is 4.92 Å². The molecule has 162 valence electrons. The van der Waals surface area contributed by atoms with Gasteiger partial charge in [0.15, 0.2) is 5.52 Å². The molecule has 3 aromatic carbocycles. The van der Waals surface area contributed by atoms with Crippen LogP contribution in [0.4, 0.5) is 5.69 Å². The van der Waals surface area contributed by atoms with Gasteiger partial charge in [-0.25, -0.2) is 4.79 Å². The van der Waals surface area contributed by atoms with Gasteiger partial charge in [-0.15, -0.1) is 0 Å². The first kappa shape index (κ1) is 20.0. The van der Waals surface area contributed by atoms with Crippen molar-refractivity contribution in [3.63, 3.8) is 0 Å². The van der Waals surface area contributed by atoms with Gasteiger partial charge >= 0.3 is 5.69 Å². The van der Waals surface area contributed by atoms with Gasteiger partial charge < -0.3 is 9.64 Å². The van der Waals surface area contributed by atoms with Crippen LogP contribution in [0.25, 0.3) is 16.7 Å². The van der Waals surface area contributed by atoms with E-state index in [0.29, 0.717) is 28.2 Å². The van der Waals surface area contributed by atoms with E-state index in [1.807, 2.05) is 37.4 Å². The molecule has 1 saturated heterocycles. The van der Waals surface area contributed by atoms with E-state index in [4.69, 9.17) is 4.74 Å². The van der Waals surface area contributed by atoms with E-state index in [1.165, 1.54) is 10.6 Å². The van der Waals surface area contributed by atoms with Crippen LogP contribution in [0, 0.1) is 10.1 Å². The molecule has 0 bridgehead atoms. The first-order chi connectivity index (χ1) is 15.5. The zero-order valence-corrected chi connectivity index (χ0v) is 17.5. The van der Waals surface area contributed by atoms with Crippen LogP contribution in [0.1, 0.15) is 12.5 Å². The summed E-state index contributed by atoms with van der Waals surface area (Å²) in [5, 5.41) is 11.8. The van der Waals surface area contributed by atoms with Gasteiger partial charge in [-0.1, -0.05) is 24.3 Å². The maximum atomic E-state index is 13.6. The quantitative estimate of drug-likeness (QED) is 0.347. The van der Waals surface area contributed by atoms with Gasteiger partial charge in [0, 0.05) is 12.6 Å². The Morgan fingerprint density at radius 2 is 1.69 bits per heavy atom. The number of nitro benzene ring substituents is 1. The van der Waals surface area contributed by atoms with E-state index in [1.54, 1.807) is 41.0 Å². The minimum atomic E-state index is -0.434. The van der Waals surface area contributed by atoms with Crippen molar-refractivity contribution in [1.82, 2.24) is 14.0 Å². The second-order valence-corrected chi connectivity index (χ2v) is 8.00. The number of benzene rings is 3. The summed E-state index contributed by atoms with van der Waals surface area (Å²) in [5.74, 6) is 1.32. The Morgan fingerprint density at radius 1 is 0.969 bits per heavy atom. The molecule has 0 saturated carbocycles. The molecule has 1 unspecified atom stereocenters. The summed E-state index contributed by atoms with van der Waals surface area (Å²) in [6.07, 6.45) is 0.821. The number of non-ortho nitro benzene ring substituents is 1. The second kappa shape index (κ2) is 7.97. The van der Waals surface area contributed by atoms with Crippen molar-refractivity contribution in [1.29, 1.82) is 0 Å². The largest absolute Gasteiger partial charge is 0.457 e. The molecule has 1 fully saturated rings. The molecular weight excluding hydrogens is 408 g/mol. The number of nitrogens with zero attached hydrogens (tertiary/aromatic N) is 4. The van der Waals surface area contributed by atoms with Crippen molar-refractivity contribution in [2.75, 3.05) is 20.1 Å². The second-order valence-electron chi connectivity index (χ2n) is 8.00. The van der Waals surface area contributed by atoms with Crippen molar-refractivity contribution in [3.05, 3.63) is 93.4 Å². The fourth-order valence-corrected chi connectivity index (χ4v) is 4.40. The first-order valence-electron chi connectivity index (χ1n) is 10.4. The van der Waals surface area contributed by atoms with Crippen LogP contribution in [-0.2, 0) is 0 Å². The van der Waals surface area contributed by atoms with Gasteiger partial charge in [0.2, 0.25) is 0 Å². The summed E-state index contributed by atoms with van der Waals surface area (Å²) in [4.78, 5) is 27.1. The zero-order valence-electron chi connectivity index (χ0n) is 17.5. The summed E-state index contributed by atoms with van der Waals surface area (Å²) < 4.78 is 8.99. The van der Waals surface area contributed by atoms with E-state index in [-0.39, 0.29) is 17.4 Å². The fourth-order valence-electron chi connectivity index (χ4n) is 4.40. The Morgan fingerprint density at radius 3 is 2.34 bits per heavy atom. The van der Waals surface area contributed by atoms with Gasteiger partial charge in [0.05, 0.1) is 22.2 Å². The number of imidazole rings is 1. The van der Waals surface area contributed by atoms with E-state index in [2.05, 4.69) is 4.90 Å². The van der Waals surface area contributed by atoms with Crippen LogP contribution in [0.15, 0.2) is 77.6 Å². The Balaban J connectivity index is 1.64. The lowest BCUT2D eigenvalue weighted by Crippen LogP contribution is -2.28. The molecule has 1 aromatic heterocycles. The average Bonchev–Trinajstić information content (AvgIpc) is 3.34. The maximum Gasteiger partial charge on any atom is 0.334 e. The number of fused-ring (bicyclic) bond motifs is 1. The van der Waals surface area contributed by atoms with Gasteiger partial charge in [0.25, 0.3) is 5.69 Å². The highest BCUT2D eigenvalue weighted by atomic mass is 16.6. The maximum absolute atomic E-state index is 13.6. The highest BCUT2D eigenvalue weighted by molar-refractivity contribution is 5.87. The van der Waals surface area contributed by atoms with Crippen molar-refractivity contribution >= 4 is 16.7 Å². The molecule has 0 radical (unpaired) electrons. The number of likely N-dealkylation sites (N-methyl/N-ethyl adjacent to an activating group) is 1. The molecule has 0 N–H and O–H groups in total. The van der Waals surface area contributed by atoms with E-state index in [9.17, 15) is 14.9 Å². The highest BCUT2D eigenvalue weighted by Crippen LogP contribution is 2.32. The number of hydrogen-bond donors (Lipinski definition) is 0.